The van der Waals surface area contributed by atoms with E-state index in [0.717, 1.165) is 12.6 Å². The second-order valence-electron chi connectivity index (χ2n) is 4.88. The zero-order valence-corrected chi connectivity index (χ0v) is 12.0. The van der Waals surface area contributed by atoms with Gasteiger partial charge in [0.1, 0.15) is 12.0 Å². The Kier molecular flexibility index (Phi) is 5.89. The molecule has 7 nitrogen and oxygen atoms in total. The molecule has 1 aromatic rings. The van der Waals surface area contributed by atoms with E-state index in [1.165, 1.54) is 6.07 Å². The quantitative estimate of drug-likeness (QED) is 0.589. The van der Waals surface area contributed by atoms with Gasteiger partial charge in [-0.05, 0) is 12.3 Å². The summed E-state index contributed by atoms with van der Waals surface area (Å²) in [4.78, 5) is 26.3. The summed E-state index contributed by atoms with van der Waals surface area (Å²) in [6.45, 7) is 7.09. The normalized spacial score (nSPS) is 10.4. The van der Waals surface area contributed by atoms with Crippen molar-refractivity contribution in [3.05, 3.63) is 27.9 Å². The third-order valence-corrected chi connectivity index (χ3v) is 2.54. The molecule has 7 heteroatoms. The number of nitro groups is 1. The Balaban J connectivity index is 3.00. The van der Waals surface area contributed by atoms with Crippen molar-refractivity contribution in [3.8, 4) is 0 Å². The van der Waals surface area contributed by atoms with Crippen LogP contribution in [0.15, 0.2) is 12.3 Å². The molecule has 2 N–H and O–H groups in total. The molecule has 1 rings (SSSR count). The predicted molar refractivity (Wildman–Crippen MR) is 76.8 cm³/mol. The van der Waals surface area contributed by atoms with E-state index in [0.29, 0.717) is 24.8 Å². The van der Waals surface area contributed by atoms with Crippen LogP contribution in [0.2, 0.25) is 0 Å². The second-order valence-corrected chi connectivity index (χ2v) is 4.88. The van der Waals surface area contributed by atoms with Crippen LogP contribution in [0.5, 0.6) is 0 Å². The summed E-state index contributed by atoms with van der Waals surface area (Å²) in [5.74, 6) is 0.324. The first-order chi connectivity index (χ1) is 9.45. The molecule has 0 aliphatic carbocycles. The monoisotopic (exact) mass is 280 g/mol. The Bertz CT molecular complexity index is 489. The van der Waals surface area contributed by atoms with Gasteiger partial charge in [0.05, 0.1) is 10.5 Å². The molecule has 1 aromatic heterocycles. The van der Waals surface area contributed by atoms with Crippen molar-refractivity contribution in [2.75, 3.05) is 18.4 Å². The minimum atomic E-state index is -0.560. The van der Waals surface area contributed by atoms with Crippen LogP contribution in [0.25, 0.3) is 0 Å². The highest BCUT2D eigenvalue weighted by atomic mass is 16.6. The van der Waals surface area contributed by atoms with Crippen LogP contribution >= 0.6 is 0 Å². The van der Waals surface area contributed by atoms with Gasteiger partial charge in [-0.3, -0.25) is 14.9 Å². The second kappa shape index (κ2) is 7.42. The van der Waals surface area contributed by atoms with E-state index in [-0.39, 0.29) is 17.2 Å². The summed E-state index contributed by atoms with van der Waals surface area (Å²) in [5.41, 5.74) is 0.00930. The SMILES string of the molecule is CCCNc1ncc([N+](=O)[O-])cc1C(=O)NCC(C)C. The van der Waals surface area contributed by atoms with Gasteiger partial charge in [0.2, 0.25) is 0 Å². The lowest BCUT2D eigenvalue weighted by Crippen LogP contribution is -2.28. The van der Waals surface area contributed by atoms with Crippen molar-refractivity contribution >= 4 is 17.4 Å². The summed E-state index contributed by atoms with van der Waals surface area (Å²) < 4.78 is 0. The van der Waals surface area contributed by atoms with Crippen LogP contribution in [0.4, 0.5) is 11.5 Å². The molecule has 0 atom stereocenters. The molecule has 1 heterocycles. The van der Waals surface area contributed by atoms with E-state index in [1.54, 1.807) is 0 Å². The highest BCUT2D eigenvalue weighted by molar-refractivity contribution is 5.99. The number of aromatic nitrogens is 1. The maximum absolute atomic E-state index is 12.1. The summed E-state index contributed by atoms with van der Waals surface area (Å²) in [6, 6.07) is 1.25. The Hall–Kier alpha value is -2.18. The number of amides is 1. The number of carbonyl (C=O) groups is 1. The molecule has 0 fully saturated rings. The van der Waals surface area contributed by atoms with E-state index in [4.69, 9.17) is 0 Å². The maximum Gasteiger partial charge on any atom is 0.288 e. The number of hydrogen-bond donors (Lipinski definition) is 2. The van der Waals surface area contributed by atoms with Gasteiger partial charge in [0, 0.05) is 19.2 Å². The van der Waals surface area contributed by atoms with Gasteiger partial charge in [0.25, 0.3) is 11.6 Å². The molecule has 0 saturated carbocycles. The van der Waals surface area contributed by atoms with Crippen LogP contribution < -0.4 is 10.6 Å². The van der Waals surface area contributed by atoms with E-state index < -0.39 is 4.92 Å². The van der Waals surface area contributed by atoms with Gasteiger partial charge >= 0.3 is 0 Å². The Morgan fingerprint density at radius 3 is 2.75 bits per heavy atom. The molecule has 0 spiro atoms. The summed E-state index contributed by atoms with van der Waals surface area (Å²) >= 11 is 0. The Labute approximate surface area is 117 Å². The number of nitrogens with zero attached hydrogens (tertiary/aromatic N) is 2. The fourth-order valence-electron chi connectivity index (χ4n) is 1.50. The third-order valence-electron chi connectivity index (χ3n) is 2.54. The van der Waals surface area contributed by atoms with Crippen LogP contribution in [-0.4, -0.2) is 28.9 Å². The Morgan fingerprint density at radius 1 is 1.50 bits per heavy atom. The molecular formula is C13H20N4O3. The van der Waals surface area contributed by atoms with Crippen molar-refractivity contribution in [1.29, 1.82) is 0 Å². The zero-order chi connectivity index (χ0) is 15.1. The topological polar surface area (TPSA) is 97.2 Å². The molecule has 0 aromatic carbocycles. The first kappa shape index (κ1) is 15.9. The number of hydrogen-bond acceptors (Lipinski definition) is 5. The van der Waals surface area contributed by atoms with Gasteiger partial charge in [-0.1, -0.05) is 20.8 Å². The minimum Gasteiger partial charge on any atom is -0.369 e. The van der Waals surface area contributed by atoms with Crippen LogP contribution in [0.3, 0.4) is 0 Å². The highest BCUT2D eigenvalue weighted by Gasteiger charge is 2.18. The van der Waals surface area contributed by atoms with Crippen LogP contribution in [0.1, 0.15) is 37.6 Å². The van der Waals surface area contributed by atoms with Crippen molar-refractivity contribution in [1.82, 2.24) is 10.3 Å². The first-order valence-electron chi connectivity index (χ1n) is 6.62. The molecule has 0 aliphatic rings. The zero-order valence-electron chi connectivity index (χ0n) is 12.0. The van der Waals surface area contributed by atoms with Crippen LogP contribution in [0, 0.1) is 16.0 Å². The fraction of sp³-hybridized carbons (Fsp3) is 0.538. The van der Waals surface area contributed by atoms with E-state index in [9.17, 15) is 14.9 Å². The summed E-state index contributed by atoms with van der Waals surface area (Å²) in [7, 11) is 0. The van der Waals surface area contributed by atoms with E-state index in [2.05, 4.69) is 15.6 Å². The molecule has 0 bridgehead atoms. The molecule has 0 saturated heterocycles. The predicted octanol–water partition coefficient (Wildman–Crippen LogP) is 2.20. The summed E-state index contributed by atoms with van der Waals surface area (Å²) in [5, 5.41) is 16.5. The van der Waals surface area contributed by atoms with Gasteiger partial charge in [-0.25, -0.2) is 4.98 Å². The first-order valence-corrected chi connectivity index (χ1v) is 6.62. The molecule has 0 radical (unpaired) electrons. The number of pyridine rings is 1. The lowest BCUT2D eigenvalue weighted by atomic mass is 10.2. The van der Waals surface area contributed by atoms with E-state index >= 15 is 0 Å². The molecule has 0 aliphatic heterocycles. The molecule has 0 unspecified atom stereocenters. The third kappa shape index (κ3) is 4.49. The average molecular weight is 280 g/mol. The van der Waals surface area contributed by atoms with Crippen molar-refractivity contribution in [2.45, 2.75) is 27.2 Å². The molecule has 20 heavy (non-hydrogen) atoms. The number of nitrogens with one attached hydrogen (secondary N) is 2. The highest BCUT2D eigenvalue weighted by Crippen LogP contribution is 2.19. The average Bonchev–Trinajstić information content (AvgIpc) is 2.42. The maximum atomic E-state index is 12.1. The van der Waals surface area contributed by atoms with Crippen molar-refractivity contribution < 1.29 is 9.72 Å². The van der Waals surface area contributed by atoms with Gasteiger partial charge in [-0.2, -0.15) is 0 Å². The number of anilines is 1. The largest absolute Gasteiger partial charge is 0.369 e. The van der Waals surface area contributed by atoms with Crippen LogP contribution in [-0.2, 0) is 0 Å². The van der Waals surface area contributed by atoms with Gasteiger partial charge in [-0.15, -0.1) is 0 Å². The molecule has 110 valence electrons. The summed E-state index contributed by atoms with van der Waals surface area (Å²) in [6.07, 6.45) is 2.02. The van der Waals surface area contributed by atoms with Gasteiger partial charge < -0.3 is 10.6 Å². The Morgan fingerprint density at radius 2 is 2.20 bits per heavy atom. The number of carbonyl (C=O) groups excluding carboxylic acids is 1. The standard InChI is InChI=1S/C13H20N4O3/c1-4-5-14-12-11(13(18)16-7-9(2)3)6-10(8-15-12)17(19)20/h6,8-9H,4-5,7H2,1-3H3,(H,14,15)(H,16,18). The number of rotatable bonds is 7. The lowest BCUT2D eigenvalue weighted by molar-refractivity contribution is -0.385. The lowest BCUT2D eigenvalue weighted by Gasteiger charge is -2.11. The molecular weight excluding hydrogens is 260 g/mol. The minimum absolute atomic E-state index is 0.193. The van der Waals surface area contributed by atoms with Crippen molar-refractivity contribution in [3.63, 3.8) is 0 Å². The van der Waals surface area contributed by atoms with E-state index in [1.807, 2.05) is 20.8 Å². The smallest absolute Gasteiger partial charge is 0.288 e. The molecule has 1 amide bonds. The van der Waals surface area contributed by atoms with Gasteiger partial charge in [0.15, 0.2) is 0 Å². The fourth-order valence-corrected chi connectivity index (χ4v) is 1.50. The van der Waals surface area contributed by atoms with Crippen molar-refractivity contribution in [2.24, 2.45) is 5.92 Å².